The van der Waals surface area contributed by atoms with E-state index >= 15 is 0 Å². The van der Waals surface area contributed by atoms with Gasteiger partial charge in [0.25, 0.3) is 5.91 Å². The number of carbonyl (C=O) groups is 3. The predicted molar refractivity (Wildman–Crippen MR) is 100 cm³/mol. The van der Waals surface area contributed by atoms with Gasteiger partial charge in [-0.3, -0.25) is 14.9 Å². The molecule has 0 spiro atoms. The van der Waals surface area contributed by atoms with Crippen LogP contribution in [0.25, 0.3) is 10.2 Å². The Kier molecular flexibility index (Phi) is 6.05. The van der Waals surface area contributed by atoms with E-state index in [9.17, 15) is 14.4 Å². The maximum absolute atomic E-state index is 12.7. The van der Waals surface area contributed by atoms with Crippen LogP contribution in [0.5, 0.6) is 0 Å². The molecule has 3 rings (SSSR count). The molecule has 2 aromatic rings. The number of esters is 1. The molecule has 1 heterocycles. The fourth-order valence-corrected chi connectivity index (χ4v) is 4.49. The summed E-state index contributed by atoms with van der Waals surface area (Å²) in [5, 5.41) is 2.95. The number of amides is 2. The first-order valence-electron chi connectivity index (χ1n) is 8.94. The lowest BCUT2D eigenvalue weighted by Gasteiger charge is -2.29. The monoisotopic (exact) mass is 390 g/mol. The molecule has 1 aliphatic rings. The first-order valence-corrected chi connectivity index (χ1v) is 9.76. The lowest BCUT2D eigenvalue weighted by Crippen LogP contribution is -2.41. The number of hydrogen-bond acceptors (Lipinski definition) is 7. The number of para-hydroxylation sites is 1. The highest BCUT2D eigenvalue weighted by molar-refractivity contribution is 7.18. The molecular weight excluding hydrogens is 368 g/mol. The standard InChI is InChI=1S/C19H22N2O5S/c1-11(16(22)21-19(24)25-2)26-18(23)13-8-4-3-7-12(13)17-20-14-9-5-6-10-15(14)27-17/h5-6,9-13H,3-4,7-8H2,1-2H3,(H,21,22,24)/t11-,12+,13+/m1/s1. The number of fused-ring (bicyclic) bond motifs is 1. The number of hydrogen-bond donors (Lipinski definition) is 1. The summed E-state index contributed by atoms with van der Waals surface area (Å²) in [5.41, 5.74) is 0.931. The average molecular weight is 390 g/mol. The first-order chi connectivity index (χ1) is 13.0. The van der Waals surface area contributed by atoms with Gasteiger partial charge in [0.05, 0.1) is 28.3 Å². The van der Waals surface area contributed by atoms with Crippen LogP contribution in [0.4, 0.5) is 4.79 Å². The number of nitrogens with zero attached hydrogens (tertiary/aromatic N) is 1. The molecule has 1 aliphatic carbocycles. The van der Waals surface area contributed by atoms with Gasteiger partial charge in [-0.15, -0.1) is 11.3 Å². The average Bonchev–Trinajstić information content (AvgIpc) is 3.11. The van der Waals surface area contributed by atoms with Gasteiger partial charge in [0, 0.05) is 5.92 Å². The Labute approximate surface area is 161 Å². The lowest BCUT2D eigenvalue weighted by molar-refractivity contribution is -0.160. The molecule has 1 aromatic carbocycles. The normalized spacial score (nSPS) is 20.7. The third-order valence-electron chi connectivity index (χ3n) is 4.77. The Morgan fingerprint density at radius 1 is 1.22 bits per heavy atom. The summed E-state index contributed by atoms with van der Waals surface area (Å²) in [5.74, 6) is -1.48. The zero-order valence-electron chi connectivity index (χ0n) is 15.3. The van der Waals surface area contributed by atoms with Gasteiger partial charge in [-0.05, 0) is 31.9 Å². The third kappa shape index (κ3) is 4.44. The number of imide groups is 1. The lowest BCUT2D eigenvalue weighted by atomic mass is 9.79. The number of alkyl carbamates (subject to hydrolysis) is 1. The van der Waals surface area contributed by atoms with E-state index in [1.807, 2.05) is 29.6 Å². The highest BCUT2D eigenvalue weighted by Gasteiger charge is 2.36. The number of nitrogens with one attached hydrogen (secondary N) is 1. The molecule has 0 unspecified atom stereocenters. The Balaban J connectivity index is 1.71. The van der Waals surface area contributed by atoms with Crippen molar-refractivity contribution in [1.29, 1.82) is 0 Å². The van der Waals surface area contributed by atoms with Crippen LogP contribution in [-0.4, -0.2) is 36.2 Å². The molecule has 7 nitrogen and oxygen atoms in total. The van der Waals surface area contributed by atoms with Gasteiger partial charge in [-0.25, -0.2) is 9.78 Å². The largest absolute Gasteiger partial charge is 0.453 e. The van der Waals surface area contributed by atoms with E-state index in [2.05, 4.69) is 4.74 Å². The maximum Gasteiger partial charge on any atom is 0.413 e. The molecule has 144 valence electrons. The molecular formula is C19H22N2O5S. The first kappa shape index (κ1) is 19.3. The Morgan fingerprint density at radius 3 is 2.70 bits per heavy atom. The van der Waals surface area contributed by atoms with Crippen molar-refractivity contribution in [2.75, 3.05) is 7.11 Å². The van der Waals surface area contributed by atoms with E-state index in [0.29, 0.717) is 6.42 Å². The van der Waals surface area contributed by atoms with Crippen LogP contribution in [-0.2, 0) is 19.1 Å². The molecule has 0 bridgehead atoms. The molecule has 8 heteroatoms. The van der Waals surface area contributed by atoms with E-state index in [1.54, 1.807) is 11.3 Å². The number of aromatic nitrogens is 1. The van der Waals surface area contributed by atoms with Crippen molar-refractivity contribution in [1.82, 2.24) is 10.3 Å². The fraction of sp³-hybridized carbons (Fsp3) is 0.474. The second-order valence-electron chi connectivity index (χ2n) is 6.58. The topological polar surface area (TPSA) is 94.6 Å². The number of benzene rings is 1. The second-order valence-corrected chi connectivity index (χ2v) is 7.64. The summed E-state index contributed by atoms with van der Waals surface area (Å²) in [7, 11) is 1.16. The van der Waals surface area contributed by atoms with Crippen molar-refractivity contribution in [2.45, 2.75) is 44.6 Å². The van der Waals surface area contributed by atoms with Crippen LogP contribution in [0, 0.1) is 5.92 Å². The van der Waals surface area contributed by atoms with Gasteiger partial charge < -0.3 is 9.47 Å². The number of ether oxygens (including phenoxy) is 2. The van der Waals surface area contributed by atoms with Gasteiger partial charge >= 0.3 is 12.1 Å². The van der Waals surface area contributed by atoms with Crippen molar-refractivity contribution >= 4 is 39.5 Å². The highest BCUT2D eigenvalue weighted by atomic mass is 32.1. The van der Waals surface area contributed by atoms with Crippen LogP contribution in [0.2, 0.25) is 0 Å². The molecule has 1 N–H and O–H groups in total. The SMILES string of the molecule is COC(=O)NC(=O)[C@@H](C)OC(=O)[C@H]1CCCC[C@@H]1c1nc2ccccc2s1. The summed E-state index contributed by atoms with van der Waals surface area (Å²) in [6.45, 7) is 1.44. The molecule has 1 fully saturated rings. The van der Waals surface area contributed by atoms with Crippen LogP contribution in [0.15, 0.2) is 24.3 Å². The van der Waals surface area contributed by atoms with Gasteiger partial charge in [0.2, 0.25) is 0 Å². The number of methoxy groups -OCH3 is 1. The molecule has 0 aliphatic heterocycles. The maximum atomic E-state index is 12.7. The molecule has 0 saturated heterocycles. The number of carbonyl (C=O) groups excluding carboxylic acids is 3. The zero-order chi connectivity index (χ0) is 19.4. The fourth-order valence-electron chi connectivity index (χ4n) is 3.33. The van der Waals surface area contributed by atoms with Crippen molar-refractivity contribution in [3.8, 4) is 0 Å². The van der Waals surface area contributed by atoms with Crippen LogP contribution < -0.4 is 5.32 Å². The van der Waals surface area contributed by atoms with Gasteiger partial charge in [-0.1, -0.05) is 25.0 Å². The molecule has 0 radical (unpaired) electrons. The van der Waals surface area contributed by atoms with E-state index in [0.717, 1.165) is 41.6 Å². The quantitative estimate of drug-likeness (QED) is 0.804. The van der Waals surface area contributed by atoms with Crippen LogP contribution in [0.3, 0.4) is 0 Å². The van der Waals surface area contributed by atoms with Gasteiger partial charge in [0.15, 0.2) is 6.10 Å². The minimum atomic E-state index is -1.07. The Morgan fingerprint density at radius 2 is 1.96 bits per heavy atom. The Bertz CT molecular complexity index is 816. The molecule has 2 amide bonds. The Hall–Kier alpha value is -2.48. The predicted octanol–water partition coefficient (Wildman–Crippen LogP) is 3.38. The molecule has 1 saturated carbocycles. The number of thiazole rings is 1. The van der Waals surface area contributed by atoms with E-state index in [4.69, 9.17) is 9.72 Å². The summed E-state index contributed by atoms with van der Waals surface area (Å²) >= 11 is 1.60. The van der Waals surface area contributed by atoms with Crippen molar-refractivity contribution in [3.63, 3.8) is 0 Å². The summed E-state index contributed by atoms with van der Waals surface area (Å²) < 4.78 is 10.8. The van der Waals surface area contributed by atoms with E-state index in [1.165, 1.54) is 6.92 Å². The van der Waals surface area contributed by atoms with Gasteiger partial charge in [-0.2, -0.15) is 0 Å². The summed E-state index contributed by atoms with van der Waals surface area (Å²) in [6.07, 6.45) is 1.57. The second kappa shape index (κ2) is 8.47. The summed E-state index contributed by atoms with van der Waals surface area (Å²) in [6, 6.07) is 7.90. The van der Waals surface area contributed by atoms with E-state index < -0.39 is 24.1 Å². The van der Waals surface area contributed by atoms with Gasteiger partial charge in [0.1, 0.15) is 0 Å². The van der Waals surface area contributed by atoms with Crippen molar-refractivity contribution in [3.05, 3.63) is 29.3 Å². The third-order valence-corrected chi connectivity index (χ3v) is 5.94. The molecule has 27 heavy (non-hydrogen) atoms. The van der Waals surface area contributed by atoms with Crippen LogP contribution in [0.1, 0.15) is 43.5 Å². The molecule has 3 atom stereocenters. The molecule has 1 aromatic heterocycles. The smallest absolute Gasteiger partial charge is 0.413 e. The van der Waals surface area contributed by atoms with Crippen molar-refractivity contribution in [2.24, 2.45) is 5.92 Å². The number of rotatable bonds is 4. The zero-order valence-corrected chi connectivity index (χ0v) is 16.1. The minimum absolute atomic E-state index is 0.0143. The van der Waals surface area contributed by atoms with E-state index in [-0.39, 0.29) is 11.8 Å². The highest BCUT2D eigenvalue weighted by Crippen LogP contribution is 2.41. The van der Waals surface area contributed by atoms with Crippen LogP contribution >= 0.6 is 11.3 Å². The van der Waals surface area contributed by atoms with Crippen molar-refractivity contribution < 1.29 is 23.9 Å². The summed E-state index contributed by atoms with van der Waals surface area (Å²) in [4.78, 5) is 40.5. The minimum Gasteiger partial charge on any atom is -0.453 e.